The SMILES string of the molecule is CC1(C)c2ccccc2-c2ccc(-c3ccc4c(c3)oc3ccccc34)c(N)c21. The van der Waals surface area contributed by atoms with E-state index in [1.54, 1.807) is 0 Å². The fourth-order valence-corrected chi connectivity index (χ4v) is 5.06. The van der Waals surface area contributed by atoms with Crippen molar-refractivity contribution >= 4 is 27.6 Å². The van der Waals surface area contributed by atoms with Crippen LogP contribution in [0.3, 0.4) is 0 Å². The highest BCUT2D eigenvalue weighted by Gasteiger charge is 2.37. The average Bonchev–Trinajstić information content (AvgIpc) is 3.21. The van der Waals surface area contributed by atoms with Crippen LogP contribution in [0.2, 0.25) is 0 Å². The molecule has 0 atom stereocenters. The Kier molecular flexibility index (Phi) is 3.12. The molecule has 4 aromatic carbocycles. The first-order valence-corrected chi connectivity index (χ1v) is 10.0. The van der Waals surface area contributed by atoms with Crippen LogP contribution in [0.25, 0.3) is 44.2 Å². The van der Waals surface area contributed by atoms with Crippen molar-refractivity contribution in [2.45, 2.75) is 19.3 Å². The van der Waals surface area contributed by atoms with Crippen molar-refractivity contribution in [1.29, 1.82) is 0 Å². The second-order valence-electron chi connectivity index (χ2n) is 8.43. The lowest BCUT2D eigenvalue weighted by Crippen LogP contribution is -2.17. The molecule has 2 nitrogen and oxygen atoms in total. The van der Waals surface area contributed by atoms with Crippen LogP contribution in [-0.2, 0) is 5.41 Å². The van der Waals surface area contributed by atoms with Gasteiger partial charge in [0.1, 0.15) is 11.2 Å². The molecule has 0 saturated carbocycles. The molecule has 2 heteroatoms. The predicted molar refractivity (Wildman–Crippen MR) is 121 cm³/mol. The Morgan fingerprint density at radius 2 is 1.41 bits per heavy atom. The molecule has 6 rings (SSSR count). The van der Waals surface area contributed by atoms with Crippen LogP contribution < -0.4 is 5.73 Å². The summed E-state index contributed by atoms with van der Waals surface area (Å²) in [6, 6.07) is 27.6. The molecular weight excluding hydrogens is 354 g/mol. The molecule has 1 aromatic heterocycles. The fraction of sp³-hybridized carbons (Fsp3) is 0.111. The monoisotopic (exact) mass is 375 g/mol. The number of fused-ring (bicyclic) bond motifs is 6. The number of hydrogen-bond donors (Lipinski definition) is 1. The minimum Gasteiger partial charge on any atom is -0.456 e. The van der Waals surface area contributed by atoms with Gasteiger partial charge in [-0.3, -0.25) is 0 Å². The van der Waals surface area contributed by atoms with Gasteiger partial charge in [0.05, 0.1) is 0 Å². The molecule has 5 aromatic rings. The number of nitrogen functional groups attached to an aromatic ring is 1. The molecular formula is C27H21NO. The highest BCUT2D eigenvalue weighted by molar-refractivity contribution is 6.06. The van der Waals surface area contributed by atoms with E-state index >= 15 is 0 Å². The van der Waals surface area contributed by atoms with Crippen molar-refractivity contribution < 1.29 is 4.42 Å². The molecule has 1 heterocycles. The van der Waals surface area contributed by atoms with Crippen molar-refractivity contribution in [3.63, 3.8) is 0 Å². The van der Waals surface area contributed by atoms with Crippen molar-refractivity contribution in [2.75, 3.05) is 5.73 Å². The topological polar surface area (TPSA) is 39.2 Å². The van der Waals surface area contributed by atoms with E-state index in [9.17, 15) is 0 Å². The molecule has 0 radical (unpaired) electrons. The molecule has 2 N–H and O–H groups in total. The zero-order chi connectivity index (χ0) is 19.8. The van der Waals surface area contributed by atoms with Crippen LogP contribution in [0.15, 0.2) is 83.3 Å². The first-order chi connectivity index (χ1) is 14.1. The van der Waals surface area contributed by atoms with Crippen molar-refractivity contribution in [1.82, 2.24) is 0 Å². The Balaban J connectivity index is 1.58. The van der Waals surface area contributed by atoms with Gasteiger partial charge in [-0.15, -0.1) is 0 Å². The number of rotatable bonds is 1. The number of anilines is 1. The first-order valence-electron chi connectivity index (χ1n) is 10.0. The van der Waals surface area contributed by atoms with E-state index in [1.807, 2.05) is 18.2 Å². The maximum atomic E-state index is 6.81. The van der Waals surface area contributed by atoms with Gasteiger partial charge in [-0.05, 0) is 46.0 Å². The van der Waals surface area contributed by atoms with Gasteiger partial charge < -0.3 is 10.2 Å². The van der Waals surface area contributed by atoms with Crippen molar-refractivity contribution in [2.24, 2.45) is 0 Å². The van der Waals surface area contributed by atoms with Crippen LogP contribution in [0.1, 0.15) is 25.0 Å². The molecule has 0 aliphatic heterocycles. The largest absolute Gasteiger partial charge is 0.456 e. The lowest BCUT2D eigenvalue weighted by molar-refractivity contribution is 0.663. The average molecular weight is 375 g/mol. The van der Waals surface area contributed by atoms with E-state index in [2.05, 4.69) is 74.5 Å². The molecule has 0 spiro atoms. The van der Waals surface area contributed by atoms with Gasteiger partial charge in [0, 0.05) is 27.4 Å². The highest BCUT2D eigenvalue weighted by Crippen LogP contribution is 2.52. The number of hydrogen-bond acceptors (Lipinski definition) is 2. The summed E-state index contributed by atoms with van der Waals surface area (Å²) in [6.45, 7) is 4.53. The summed E-state index contributed by atoms with van der Waals surface area (Å²) >= 11 is 0. The highest BCUT2D eigenvalue weighted by atomic mass is 16.3. The summed E-state index contributed by atoms with van der Waals surface area (Å²) in [5, 5.41) is 2.28. The van der Waals surface area contributed by atoms with E-state index in [0.29, 0.717) is 0 Å². The summed E-state index contributed by atoms with van der Waals surface area (Å²) in [6.07, 6.45) is 0. The zero-order valence-electron chi connectivity index (χ0n) is 16.5. The van der Waals surface area contributed by atoms with Crippen LogP contribution >= 0.6 is 0 Å². The van der Waals surface area contributed by atoms with Crippen LogP contribution in [0.4, 0.5) is 5.69 Å². The second-order valence-corrected chi connectivity index (χ2v) is 8.43. The maximum Gasteiger partial charge on any atom is 0.136 e. The number of benzene rings is 4. The Morgan fingerprint density at radius 1 is 0.690 bits per heavy atom. The maximum absolute atomic E-state index is 6.81. The van der Waals surface area contributed by atoms with E-state index in [-0.39, 0.29) is 5.41 Å². The van der Waals surface area contributed by atoms with E-state index in [1.165, 1.54) is 22.3 Å². The summed E-state index contributed by atoms with van der Waals surface area (Å²) in [5.74, 6) is 0. The second kappa shape index (κ2) is 5.51. The zero-order valence-corrected chi connectivity index (χ0v) is 16.5. The molecule has 1 aliphatic carbocycles. The van der Waals surface area contributed by atoms with Gasteiger partial charge in [0.25, 0.3) is 0 Å². The molecule has 0 amide bonds. The van der Waals surface area contributed by atoms with Gasteiger partial charge >= 0.3 is 0 Å². The third-order valence-electron chi connectivity index (χ3n) is 6.45. The van der Waals surface area contributed by atoms with Gasteiger partial charge in [0.2, 0.25) is 0 Å². The third-order valence-corrected chi connectivity index (χ3v) is 6.45. The fourth-order valence-electron chi connectivity index (χ4n) is 5.06. The lowest BCUT2D eigenvalue weighted by Gasteiger charge is -2.24. The van der Waals surface area contributed by atoms with Crippen molar-refractivity contribution in [3.05, 3.63) is 90.0 Å². The van der Waals surface area contributed by atoms with Gasteiger partial charge in [-0.2, -0.15) is 0 Å². The summed E-state index contributed by atoms with van der Waals surface area (Å²) < 4.78 is 6.10. The molecule has 0 saturated heterocycles. The van der Waals surface area contributed by atoms with Crippen molar-refractivity contribution in [3.8, 4) is 22.3 Å². The Morgan fingerprint density at radius 3 is 2.31 bits per heavy atom. The predicted octanol–water partition coefficient (Wildman–Crippen LogP) is 7.14. The van der Waals surface area contributed by atoms with E-state index in [0.717, 1.165) is 38.8 Å². The summed E-state index contributed by atoms with van der Waals surface area (Å²) in [5.41, 5.74) is 16.6. The molecule has 0 unspecified atom stereocenters. The number of para-hydroxylation sites is 1. The number of nitrogens with two attached hydrogens (primary N) is 1. The third kappa shape index (κ3) is 2.11. The van der Waals surface area contributed by atoms with E-state index < -0.39 is 0 Å². The minimum absolute atomic E-state index is 0.116. The van der Waals surface area contributed by atoms with Gasteiger partial charge in [-0.1, -0.05) is 74.5 Å². The Bertz CT molecular complexity index is 1440. The summed E-state index contributed by atoms with van der Waals surface area (Å²) in [7, 11) is 0. The lowest BCUT2D eigenvalue weighted by atomic mass is 9.80. The van der Waals surface area contributed by atoms with Crippen LogP contribution in [0.5, 0.6) is 0 Å². The Labute approximate surface area is 169 Å². The normalized spacial score (nSPS) is 14.3. The summed E-state index contributed by atoms with van der Waals surface area (Å²) in [4.78, 5) is 0. The number of furan rings is 1. The quantitative estimate of drug-likeness (QED) is 0.316. The van der Waals surface area contributed by atoms with Gasteiger partial charge in [0.15, 0.2) is 0 Å². The molecule has 29 heavy (non-hydrogen) atoms. The van der Waals surface area contributed by atoms with Crippen LogP contribution in [0, 0.1) is 0 Å². The van der Waals surface area contributed by atoms with Gasteiger partial charge in [-0.25, -0.2) is 0 Å². The molecule has 1 aliphatic rings. The first kappa shape index (κ1) is 16.4. The minimum atomic E-state index is -0.116. The van der Waals surface area contributed by atoms with Crippen LogP contribution in [-0.4, -0.2) is 0 Å². The van der Waals surface area contributed by atoms with E-state index in [4.69, 9.17) is 10.2 Å². The molecule has 0 bridgehead atoms. The Hall–Kier alpha value is -3.52. The smallest absolute Gasteiger partial charge is 0.136 e. The molecule has 0 fully saturated rings. The standard InChI is InChI=1S/C27H21NO/c1-27(2)22-9-5-3-7-18(22)21-14-13-17(26(28)25(21)27)16-11-12-20-19-8-4-6-10-23(19)29-24(20)15-16/h3-15H,28H2,1-2H3. The molecule has 140 valence electrons.